The second-order valence-electron chi connectivity index (χ2n) is 7.04. The Hall–Kier alpha value is -1.72. The molecule has 0 radical (unpaired) electrons. The molecule has 23 heavy (non-hydrogen) atoms. The van der Waals surface area contributed by atoms with Crippen molar-refractivity contribution in [2.24, 2.45) is 0 Å². The Balaban J connectivity index is 1.83. The predicted octanol–water partition coefficient (Wildman–Crippen LogP) is 2.67. The van der Waals surface area contributed by atoms with Gasteiger partial charge in [-0.3, -0.25) is 9.69 Å². The third-order valence-corrected chi connectivity index (χ3v) is 4.28. The highest BCUT2D eigenvalue weighted by Gasteiger charge is 2.24. The van der Waals surface area contributed by atoms with Crippen LogP contribution in [0.2, 0.25) is 5.15 Å². The fraction of sp³-hybridized carbons (Fsp3) is 0.471. The van der Waals surface area contributed by atoms with Crippen molar-refractivity contribution in [3.8, 4) is 0 Å². The van der Waals surface area contributed by atoms with Gasteiger partial charge in [-0.05, 0) is 18.1 Å². The zero-order chi connectivity index (χ0) is 16.6. The van der Waals surface area contributed by atoms with Gasteiger partial charge in [-0.1, -0.05) is 38.4 Å². The van der Waals surface area contributed by atoms with E-state index in [1.165, 1.54) is 0 Å². The molecule has 0 amide bonds. The molecular weight excluding hydrogens is 312 g/mol. The van der Waals surface area contributed by atoms with Gasteiger partial charge in [-0.25, -0.2) is 9.97 Å². The van der Waals surface area contributed by atoms with Gasteiger partial charge in [0.25, 0.3) is 5.56 Å². The first-order valence-corrected chi connectivity index (χ1v) is 8.16. The lowest BCUT2D eigenvalue weighted by Crippen LogP contribution is -2.36. The number of nitrogens with zero attached hydrogens (tertiary/aromatic N) is 3. The minimum atomic E-state index is -0.170. The molecular formula is C17H21ClN4O. The number of nitrogens with one attached hydrogen (secondary N) is 1. The number of hydrogen-bond acceptors (Lipinski definition) is 4. The van der Waals surface area contributed by atoms with Gasteiger partial charge in [0.15, 0.2) is 0 Å². The molecule has 0 bridgehead atoms. The van der Waals surface area contributed by atoms with E-state index in [4.69, 9.17) is 16.6 Å². The third-order valence-electron chi connectivity index (χ3n) is 4.06. The highest BCUT2D eigenvalue weighted by Crippen LogP contribution is 2.21. The zero-order valence-electron chi connectivity index (χ0n) is 13.7. The van der Waals surface area contributed by atoms with Gasteiger partial charge in [0.05, 0.1) is 5.69 Å². The lowest BCUT2D eigenvalue weighted by atomic mass is 9.95. The van der Waals surface area contributed by atoms with Crippen LogP contribution in [0, 0.1) is 0 Å². The fourth-order valence-electron chi connectivity index (χ4n) is 2.74. The Kier molecular flexibility index (Phi) is 4.25. The van der Waals surface area contributed by atoms with Crippen LogP contribution in [0.1, 0.15) is 43.4 Å². The predicted molar refractivity (Wildman–Crippen MR) is 90.6 cm³/mol. The van der Waals surface area contributed by atoms with Gasteiger partial charge in [-0.15, -0.1) is 0 Å². The number of fused-ring (bicyclic) bond motifs is 1. The van der Waals surface area contributed by atoms with Crippen molar-refractivity contribution in [2.45, 2.75) is 45.7 Å². The van der Waals surface area contributed by atoms with Gasteiger partial charge in [0.2, 0.25) is 0 Å². The Morgan fingerprint density at radius 1 is 1.35 bits per heavy atom. The van der Waals surface area contributed by atoms with Crippen LogP contribution in [0.25, 0.3) is 0 Å². The lowest BCUT2D eigenvalue weighted by molar-refractivity contribution is 0.239. The molecule has 0 aliphatic carbocycles. The van der Waals surface area contributed by atoms with E-state index in [9.17, 15) is 4.79 Å². The lowest BCUT2D eigenvalue weighted by Gasteiger charge is -2.29. The smallest absolute Gasteiger partial charge is 0.254 e. The molecule has 5 nitrogen and oxygen atoms in total. The van der Waals surface area contributed by atoms with Crippen molar-refractivity contribution in [1.29, 1.82) is 0 Å². The summed E-state index contributed by atoms with van der Waals surface area (Å²) >= 11 is 5.83. The minimum absolute atomic E-state index is 0.00716. The number of aromatic amines is 1. The summed E-state index contributed by atoms with van der Waals surface area (Å²) < 4.78 is 0. The summed E-state index contributed by atoms with van der Waals surface area (Å²) in [6.07, 6.45) is 2.52. The standard InChI is InChI=1S/C17H21ClN4O/c1-17(2,3)16-20-13-10-22(7-6-12(13)15(23)21-16)9-11-4-5-14(18)19-8-11/h4-5,8H,6-7,9-10H2,1-3H3,(H,20,21,23). The van der Waals surface area contributed by atoms with Gasteiger partial charge in [-0.2, -0.15) is 0 Å². The molecule has 0 unspecified atom stereocenters. The minimum Gasteiger partial charge on any atom is -0.310 e. The van der Waals surface area contributed by atoms with Crippen LogP contribution >= 0.6 is 11.6 Å². The SMILES string of the molecule is CC(C)(C)c1nc2c(c(=O)[nH]1)CCN(Cc1ccc(Cl)nc1)C2. The van der Waals surface area contributed by atoms with Gasteiger partial charge < -0.3 is 4.98 Å². The Morgan fingerprint density at radius 3 is 2.78 bits per heavy atom. The highest BCUT2D eigenvalue weighted by molar-refractivity contribution is 6.29. The van der Waals surface area contributed by atoms with E-state index in [0.29, 0.717) is 11.7 Å². The van der Waals surface area contributed by atoms with Crippen molar-refractivity contribution >= 4 is 11.6 Å². The van der Waals surface area contributed by atoms with Crippen LogP contribution in [-0.2, 0) is 24.9 Å². The summed E-state index contributed by atoms with van der Waals surface area (Å²) in [6.45, 7) is 8.47. The van der Waals surface area contributed by atoms with Crippen LogP contribution in [0.4, 0.5) is 0 Å². The number of hydrogen-bond donors (Lipinski definition) is 1. The van der Waals surface area contributed by atoms with Gasteiger partial charge >= 0.3 is 0 Å². The van der Waals surface area contributed by atoms with Crippen molar-refractivity contribution in [2.75, 3.05) is 6.54 Å². The summed E-state index contributed by atoms with van der Waals surface area (Å²) in [7, 11) is 0. The normalized spacial score (nSPS) is 15.5. The number of aromatic nitrogens is 3. The van der Waals surface area contributed by atoms with E-state index in [1.807, 2.05) is 6.07 Å². The molecule has 2 aromatic rings. The molecule has 0 aromatic carbocycles. The summed E-state index contributed by atoms with van der Waals surface area (Å²) in [5, 5.41) is 0.501. The Bertz CT molecular complexity index is 762. The van der Waals surface area contributed by atoms with E-state index in [-0.39, 0.29) is 11.0 Å². The maximum atomic E-state index is 12.3. The van der Waals surface area contributed by atoms with Gasteiger partial charge in [0.1, 0.15) is 11.0 Å². The molecule has 2 aromatic heterocycles. The maximum Gasteiger partial charge on any atom is 0.254 e. The molecule has 0 atom stereocenters. The zero-order valence-corrected chi connectivity index (χ0v) is 14.4. The number of pyridine rings is 1. The fourth-order valence-corrected chi connectivity index (χ4v) is 2.85. The van der Waals surface area contributed by atoms with E-state index >= 15 is 0 Å². The van der Waals surface area contributed by atoms with E-state index < -0.39 is 0 Å². The first-order valence-electron chi connectivity index (χ1n) is 7.78. The number of rotatable bonds is 2. The monoisotopic (exact) mass is 332 g/mol. The van der Waals surface area contributed by atoms with Crippen molar-refractivity contribution < 1.29 is 0 Å². The molecule has 1 N–H and O–H groups in total. The second kappa shape index (κ2) is 6.06. The summed E-state index contributed by atoms with van der Waals surface area (Å²) in [5.74, 6) is 0.747. The first-order chi connectivity index (χ1) is 10.8. The van der Waals surface area contributed by atoms with Crippen molar-refractivity contribution in [1.82, 2.24) is 19.9 Å². The molecule has 0 saturated heterocycles. The van der Waals surface area contributed by atoms with E-state index in [2.05, 4.69) is 35.6 Å². The van der Waals surface area contributed by atoms with Crippen molar-refractivity contribution in [3.05, 3.63) is 56.5 Å². The molecule has 6 heteroatoms. The molecule has 3 rings (SSSR count). The van der Waals surface area contributed by atoms with Crippen LogP contribution in [0.15, 0.2) is 23.1 Å². The topological polar surface area (TPSA) is 61.9 Å². The summed E-state index contributed by atoms with van der Waals surface area (Å²) in [6, 6.07) is 3.78. The molecule has 1 aliphatic rings. The maximum absolute atomic E-state index is 12.3. The molecule has 0 spiro atoms. The van der Waals surface area contributed by atoms with Crippen molar-refractivity contribution in [3.63, 3.8) is 0 Å². The summed E-state index contributed by atoms with van der Waals surface area (Å²) in [4.78, 5) is 26.4. The van der Waals surface area contributed by atoms with Crippen LogP contribution < -0.4 is 5.56 Å². The number of halogens is 1. The molecule has 1 aliphatic heterocycles. The molecule has 3 heterocycles. The quantitative estimate of drug-likeness (QED) is 0.859. The highest BCUT2D eigenvalue weighted by atomic mass is 35.5. The van der Waals surface area contributed by atoms with Crippen LogP contribution in [-0.4, -0.2) is 26.4 Å². The molecule has 0 saturated carbocycles. The molecule has 122 valence electrons. The van der Waals surface area contributed by atoms with E-state index in [0.717, 1.165) is 42.2 Å². The average molecular weight is 333 g/mol. The van der Waals surface area contributed by atoms with Crippen LogP contribution in [0.3, 0.4) is 0 Å². The third kappa shape index (κ3) is 3.62. The summed E-state index contributed by atoms with van der Waals surface area (Å²) in [5.41, 5.74) is 2.66. The molecule has 0 fully saturated rings. The number of H-pyrrole nitrogens is 1. The first kappa shape index (κ1) is 16.1. The second-order valence-corrected chi connectivity index (χ2v) is 7.43. The Morgan fingerprint density at radius 2 is 2.13 bits per heavy atom. The van der Waals surface area contributed by atoms with Gasteiger partial charge in [0, 0.05) is 36.8 Å². The largest absolute Gasteiger partial charge is 0.310 e. The Labute approximate surface area is 140 Å². The van der Waals surface area contributed by atoms with E-state index in [1.54, 1.807) is 12.3 Å². The average Bonchev–Trinajstić information content (AvgIpc) is 2.48. The van der Waals surface area contributed by atoms with Crippen LogP contribution in [0.5, 0.6) is 0 Å².